The van der Waals surface area contributed by atoms with Gasteiger partial charge in [-0.05, 0) is 64.2 Å². The van der Waals surface area contributed by atoms with E-state index in [-0.39, 0.29) is 18.1 Å². The summed E-state index contributed by atoms with van der Waals surface area (Å²) in [5.74, 6) is 0.635. The second-order valence-electron chi connectivity index (χ2n) is 9.23. The van der Waals surface area contributed by atoms with E-state index in [2.05, 4.69) is 42.8 Å². The van der Waals surface area contributed by atoms with Gasteiger partial charge in [0.05, 0.1) is 34.7 Å². The highest BCUT2D eigenvalue weighted by Crippen LogP contribution is 2.38. The molecule has 2 aliphatic heterocycles. The zero-order valence-corrected chi connectivity index (χ0v) is 19.9. The van der Waals surface area contributed by atoms with Gasteiger partial charge in [-0.25, -0.2) is 15.0 Å². The summed E-state index contributed by atoms with van der Waals surface area (Å²) in [6.07, 6.45) is -0.918. The molecule has 1 saturated heterocycles. The zero-order valence-electron chi connectivity index (χ0n) is 19.9. The highest BCUT2D eigenvalue weighted by Gasteiger charge is 2.32. The summed E-state index contributed by atoms with van der Waals surface area (Å²) in [6, 6.07) is 7.42. The van der Waals surface area contributed by atoms with Gasteiger partial charge in [-0.1, -0.05) is 6.07 Å². The molecule has 0 unspecified atom stereocenters. The number of amides is 1. The smallest absolute Gasteiger partial charge is 0.367 e. The molecule has 2 aromatic heterocycles. The largest absolute Gasteiger partial charge is 0.416 e. The summed E-state index contributed by atoms with van der Waals surface area (Å²) in [5.41, 5.74) is 2.03. The number of alkyl halides is 3. The Kier molecular flexibility index (Phi) is 6.25. The first-order valence-corrected chi connectivity index (χ1v) is 11.7. The summed E-state index contributed by atoms with van der Waals surface area (Å²) in [6.45, 7) is 3.98. The van der Waals surface area contributed by atoms with E-state index in [9.17, 15) is 18.0 Å². The molecule has 0 bridgehead atoms. The SMILES string of the molecule is Cc1nc(NC2CCN(C)CC2)ccc1Nc1ncc2c(n1)-c1ccc(C(F)(F)F)cc1NC(=O)C2. The highest BCUT2D eigenvalue weighted by atomic mass is 19.4. The van der Waals surface area contributed by atoms with Crippen molar-refractivity contribution in [2.24, 2.45) is 0 Å². The van der Waals surface area contributed by atoms with Gasteiger partial charge in [0.15, 0.2) is 0 Å². The number of hydrogen-bond acceptors (Lipinski definition) is 7. The van der Waals surface area contributed by atoms with Crippen LogP contribution in [0.2, 0.25) is 0 Å². The van der Waals surface area contributed by atoms with Crippen molar-refractivity contribution in [3.8, 4) is 11.3 Å². The van der Waals surface area contributed by atoms with Gasteiger partial charge in [-0.3, -0.25) is 4.79 Å². The molecule has 1 amide bonds. The molecule has 3 aromatic rings. The number of nitrogens with zero attached hydrogens (tertiary/aromatic N) is 4. The maximum atomic E-state index is 13.2. The summed E-state index contributed by atoms with van der Waals surface area (Å²) in [4.78, 5) is 28.2. The molecule has 0 aliphatic carbocycles. The molecule has 2 aliphatic rings. The number of aromatic nitrogens is 3. The van der Waals surface area contributed by atoms with Crippen LogP contribution in [0.5, 0.6) is 0 Å². The third kappa shape index (κ3) is 5.11. The first kappa shape index (κ1) is 24.0. The fraction of sp³-hybridized carbons (Fsp3) is 0.360. The number of nitrogens with one attached hydrogen (secondary N) is 3. The predicted molar refractivity (Wildman–Crippen MR) is 131 cm³/mol. The minimum atomic E-state index is -4.52. The maximum Gasteiger partial charge on any atom is 0.416 e. The molecular weight excluding hydrogens is 471 g/mol. The van der Waals surface area contributed by atoms with Gasteiger partial charge < -0.3 is 20.9 Å². The van der Waals surface area contributed by atoms with Crippen LogP contribution in [-0.2, 0) is 17.4 Å². The van der Waals surface area contributed by atoms with Gasteiger partial charge >= 0.3 is 6.18 Å². The molecule has 1 fully saturated rings. The Labute approximate surface area is 206 Å². The van der Waals surface area contributed by atoms with Crippen molar-refractivity contribution in [1.82, 2.24) is 19.9 Å². The number of carbonyl (C=O) groups is 1. The zero-order chi connectivity index (χ0) is 25.4. The lowest BCUT2D eigenvalue weighted by Gasteiger charge is -2.29. The van der Waals surface area contributed by atoms with Gasteiger partial charge in [0.25, 0.3) is 0 Å². The van der Waals surface area contributed by atoms with E-state index in [0.717, 1.165) is 49.6 Å². The number of piperidine rings is 1. The fourth-order valence-corrected chi connectivity index (χ4v) is 4.48. The number of pyridine rings is 1. The maximum absolute atomic E-state index is 13.2. The minimum Gasteiger partial charge on any atom is -0.367 e. The van der Waals surface area contributed by atoms with Crippen molar-refractivity contribution in [2.75, 3.05) is 36.1 Å². The molecule has 36 heavy (non-hydrogen) atoms. The lowest BCUT2D eigenvalue weighted by atomic mass is 10.0. The first-order chi connectivity index (χ1) is 17.2. The molecular formula is C25H26F3N7O. The Morgan fingerprint density at radius 3 is 2.61 bits per heavy atom. The number of benzene rings is 1. The average Bonchev–Trinajstić information content (AvgIpc) is 2.96. The molecule has 0 saturated carbocycles. The number of halogens is 3. The number of likely N-dealkylation sites (tertiary alicyclic amines) is 1. The van der Waals surface area contributed by atoms with Crippen molar-refractivity contribution in [1.29, 1.82) is 0 Å². The molecule has 0 spiro atoms. The normalized spacial score (nSPS) is 16.5. The molecule has 5 rings (SSSR count). The lowest BCUT2D eigenvalue weighted by molar-refractivity contribution is -0.137. The molecule has 8 nitrogen and oxygen atoms in total. The summed E-state index contributed by atoms with van der Waals surface area (Å²) in [5, 5.41) is 9.20. The van der Waals surface area contributed by atoms with E-state index in [4.69, 9.17) is 0 Å². The van der Waals surface area contributed by atoms with Crippen LogP contribution < -0.4 is 16.0 Å². The molecule has 188 valence electrons. The Morgan fingerprint density at radius 1 is 1.11 bits per heavy atom. The van der Waals surface area contributed by atoms with Gasteiger partial charge in [0.2, 0.25) is 11.9 Å². The van der Waals surface area contributed by atoms with Crippen LogP contribution in [0.1, 0.15) is 29.7 Å². The second kappa shape index (κ2) is 9.38. The van der Waals surface area contributed by atoms with Crippen LogP contribution in [0.25, 0.3) is 11.3 Å². The lowest BCUT2D eigenvalue weighted by Crippen LogP contribution is -2.36. The van der Waals surface area contributed by atoms with E-state index in [1.54, 1.807) is 0 Å². The molecule has 1 aromatic carbocycles. The van der Waals surface area contributed by atoms with Gasteiger partial charge in [-0.15, -0.1) is 0 Å². The van der Waals surface area contributed by atoms with Gasteiger partial charge in [0.1, 0.15) is 5.82 Å². The van der Waals surface area contributed by atoms with Crippen LogP contribution in [0.4, 0.5) is 36.3 Å². The van der Waals surface area contributed by atoms with E-state index in [1.165, 1.54) is 12.3 Å². The second-order valence-corrected chi connectivity index (χ2v) is 9.23. The number of fused-ring (bicyclic) bond motifs is 3. The van der Waals surface area contributed by atoms with Crippen molar-refractivity contribution < 1.29 is 18.0 Å². The summed E-state index contributed by atoms with van der Waals surface area (Å²) >= 11 is 0. The van der Waals surface area contributed by atoms with Crippen LogP contribution in [-0.4, -0.2) is 51.9 Å². The topological polar surface area (TPSA) is 95.1 Å². The van der Waals surface area contributed by atoms with E-state index in [1.807, 2.05) is 19.1 Å². The molecule has 4 heterocycles. The van der Waals surface area contributed by atoms with E-state index in [0.29, 0.717) is 28.6 Å². The van der Waals surface area contributed by atoms with Crippen molar-refractivity contribution >= 4 is 29.0 Å². The Morgan fingerprint density at radius 2 is 1.89 bits per heavy atom. The number of carbonyl (C=O) groups excluding carboxylic acids is 1. The van der Waals surface area contributed by atoms with E-state index < -0.39 is 17.6 Å². The predicted octanol–water partition coefficient (Wildman–Crippen LogP) is 4.61. The average molecular weight is 498 g/mol. The highest BCUT2D eigenvalue weighted by molar-refractivity contribution is 6.00. The van der Waals surface area contributed by atoms with Crippen molar-refractivity contribution in [3.05, 3.63) is 53.3 Å². The van der Waals surface area contributed by atoms with Gasteiger partial charge in [0, 0.05) is 23.4 Å². The van der Waals surface area contributed by atoms with Crippen LogP contribution in [0.3, 0.4) is 0 Å². The Balaban J connectivity index is 1.39. The number of hydrogen-bond donors (Lipinski definition) is 3. The number of aryl methyl sites for hydroxylation is 1. The summed E-state index contributed by atoms with van der Waals surface area (Å²) in [7, 11) is 2.12. The van der Waals surface area contributed by atoms with Crippen LogP contribution in [0, 0.1) is 6.92 Å². The fourth-order valence-electron chi connectivity index (χ4n) is 4.48. The Hall–Kier alpha value is -3.73. The van der Waals surface area contributed by atoms with Crippen LogP contribution >= 0.6 is 0 Å². The number of anilines is 4. The van der Waals surface area contributed by atoms with E-state index >= 15 is 0 Å². The third-order valence-electron chi connectivity index (χ3n) is 6.49. The Bertz CT molecular complexity index is 1300. The standard InChI is InChI=1S/C25H26F3N7O/c1-14-19(5-6-21(30-14)31-17-7-9-35(2)10-8-17)33-24-29-13-15-11-22(36)32-20-12-16(25(26,27)28)3-4-18(20)23(15)34-24/h3-6,12-13,17H,7-11H2,1-2H3,(H,30,31)(H,32,36)(H,29,33,34). The number of rotatable bonds is 4. The van der Waals surface area contributed by atoms with Crippen molar-refractivity contribution in [2.45, 2.75) is 38.4 Å². The molecule has 0 radical (unpaired) electrons. The van der Waals surface area contributed by atoms with Crippen molar-refractivity contribution in [3.63, 3.8) is 0 Å². The van der Waals surface area contributed by atoms with Gasteiger partial charge in [-0.2, -0.15) is 13.2 Å². The van der Waals surface area contributed by atoms with Crippen LogP contribution in [0.15, 0.2) is 36.5 Å². The monoisotopic (exact) mass is 497 g/mol. The summed E-state index contributed by atoms with van der Waals surface area (Å²) < 4.78 is 39.6. The molecule has 11 heteroatoms. The first-order valence-electron chi connectivity index (χ1n) is 11.7. The third-order valence-corrected chi connectivity index (χ3v) is 6.49. The quantitative estimate of drug-likeness (QED) is 0.485. The molecule has 0 atom stereocenters. The molecule has 3 N–H and O–H groups in total. The minimum absolute atomic E-state index is 0.0381.